The molecule has 118 valence electrons. The van der Waals surface area contributed by atoms with E-state index in [0.29, 0.717) is 11.4 Å². The van der Waals surface area contributed by atoms with Gasteiger partial charge in [-0.15, -0.1) is 0 Å². The first-order chi connectivity index (χ1) is 10.9. The van der Waals surface area contributed by atoms with E-state index in [1.807, 2.05) is 19.1 Å². The van der Waals surface area contributed by atoms with E-state index in [0.717, 1.165) is 27.6 Å². The number of pyridine rings is 1. The summed E-state index contributed by atoms with van der Waals surface area (Å²) in [6.07, 6.45) is 3.77. The first-order valence-corrected chi connectivity index (χ1v) is 7.55. The molecule has 0 unspecified atom stereocenters. The van der Waals surface area contributed by atoms with Crippen molar-refractivity contribution >= 4 is 22.6 Å². The Kier molecular flexibility index (Phi) is 3.56. The minimum absolute atomic E-state index is 0.284. The number of hydrogen-bond acceptors (Lipinski definition) is 3. The van der Waals surface area contributed by atoms with Gasteiger partial charge in [-0.1, -0.05) is 0 Å². The standard InChI is InChI=1S/C18H20N4O/c1-10(2)22-9-11(3)17-14(18(20)23)6-13(7-15(17)22)12-4-5-16(19)21-8-12/h4-10H,1-3H3,(H2,19,21)(H2,20,23). The van der Waals surface area contributed by atoms with Crippen LogP contribution in [0.1, 0.15) is 35.8 Å². The highest BCUT2D eigenvalue weighted by atomic mass is 16.1. The van der Waals surface area contributed by atoms with Crippen LogP contribution in [0.15, 0.2) is 36.7 Å². The van der Waals surface area contributed by atoms with Crippen LogP contribution >= 0.6 is 0 Å². The summed E-state index contributed by atoms with van der Waals surface area (Å²) in [5.41, 5.74) is 15.7. The van der Waals surface area contributed by atoms with Crippen molar-refractivity contribution < 1.29 is 4.79 Å². The SMILES string of the molecule is Cc1cn(C(C)C)c2cc(-c3ccc(N)nc3)cc(C(N)=O)c12. The van der Waals surface area contributed by atoms with Crippen molar-refractivity contribution in [2.45, 2.75) is 26.8 Å². The summed E-state index contributed by atoms with van der Waals surface area (Å²) < 4.78 is 2.16. The summed E-state index contributed by atoms with van der Waals surface area (Å²) in [4.78, 5) is 16.1. The van der Waals surface area contributed by atoms with Crippen LogP contribution in [0.25, 0.3) is 22.0 Å². The Morgan fingerprint density at radius 2 is 1.96 bits per heavy atom. The van der Waals surface area contributed by atoms with E-state index in [1.165, 1.54) is 0 Å². The number of rotatable bonds is 3. The van der Waals surface area contributed by atoms with Gasteiger partial charge in [0.15, 0.2) is 0 Å². The fourth-order valence-electron chi connectivity index (χ4n) is 2.95. The van der Waals surface area contributed by atoms with E-state index in [2.05, 4.69) is 35.7 Å². The summed E-state index contributed by atoms with van der Waals surface area (Å²) in [5.74, 6) is 0.0382. The van der Waals surface area contributed by atoms with Crippen molar-refractivity contribution in [1.82, 2.24) is 9.55 Å². The number of aryl methyl sites for hydroxylation is 1. The zero-order valence-electron chi connectivity index (χ0n) is 13.5. The van der Waals surface area contributed by atoms with Gasteiger partial charge >= 0.3 is 0 Å². The third-order valence-corrected chi connectivity index (χ3v) is 4.06. The molecule has 0 saturated carbocycles. The van der Waals surface area contributed by atoms with Crippen LogP contribution in [0.5, 0.6) is 0 Å². The predicted octanol–water partition coefficient (Wildman–Crippen LogP) is 3.27. The molecule has 0 radical (unpaired) electrons. The van der Waals surface area contributed by atoms with Gasteiger partial charge in [0.25, 0.3) is 0 Å². The second-order valence-corrected chi connectivity index (χ2v) is 6.07. The minimum atomic E-state index is -0.426. The van der Waals surface area contributed by atoms with E-state index in [-0.39, 0.29) is 6.04 Å². The lowest BCUT2D eigenvalue weighted by Crippen LogP contribution is -2.12. The van der Waals surface area contributed by atoms with Gasteiger partial charge in [-0.05, 0) is 56.2 Å². The molecule has 0 saturated heterocycles. The van der Waals surface area contributed by atoms with E-state index < -0.39 is 5.91 Å². The fourth-order valence-corrected chi connectivity index (χ4v) is 2.95. The highest BCUT2D eigenvalue weighted by Crippen LogP contribution is 2.32. The van der Waals surface area contributed by atoms with Crippen LogP contribution in [0.3, 0.4) is 0 Å². The smallest absolute Gasteiger partial charge is 0.249 e. The van der Waals surface area contributed by atoms with E-state index in [4.69, 9.17) is 11.5 Å². The number of nitrogen functional groups attached to an aromatic ring is 1. The molecule has 23 heavy (non-hydrogen) atoms. The highest BCUT2D eigenvalue weighted by Gasteiger charge is 2.17. The molecule has 0 spiro atoms. The summed E-state index contributed by atoms with van der Waals surface area (Å²) in [7, 11) is 0. The normalized spacial score (nSPS) is 11.3. The van der Waals surface area contributed by atoms with Crippen LogP contribution in [0.2, 0.25) is 0 Å². The topological polar surface area (TPSA) is 86.9 Å². The van der Waals surface area contributed by atoms with E-state index in [9.17, 15) is 4.79 Å². The molecule has 3 rings (SSSR count). The molecule has 2 heterocycles. The zero-order valence-corrected chi connectivity index (χ0v) is 13.5. The van der Waals surface area contributed by atoms with Crippen molar-refractivity contribution in [2.24, 2.45) is 5.73 Å². The van der Waals surface area contributed by atoms with Crippen LogP contribution in [0, 0.1) is 6.92 Å². The van der Waals surface area contributed by atoms with Crippen molar-refractivity contribution in [3.05, 3.63) is 47.8 Å². The number of carbonyl (C=O) groups is 1. The molecule has 4 N–H and O–H groups in total. The molecule has 0 bridgehead atoms. The minimum Gasteiger partial charge on any atom is -0.384 e. The van der Waals surface area contributed by atoms with Gasteiger partial charge in [0.1, 0.15) is 5.82 Å². The van der Waals surface area contributed by atoms with Crippen LogP contribution in [-0.4, -0.2) is 15.5 Å². The molecule has 0 aliphatic heterocycles. The highest BCUT2D eigenvalue weighted by molar-refractivity contribution is 6.08. The Bertz CT molecular complexity index is 892. The van der Waals surface area contributed by atoms with Gasteiger partial charge in [-0.3, -0.25) is 4.79 Å². The third-order valence-electron chi connectivity index (χ3n) is 4.06. The Hall–Kier alpha value is -2.82. The quantitative estimate of drug-likeness (QED) is 0.778. The number of benzene rings is 1. The number of nitrogens with two attached hydrogens (primary N) is 2. The molecule has 1 aromatic carbocycles. The monoisotopic (exact) mass is 308 g/mol. The number of fused-ring (bicyclic) bond motifs is 1. The molecule has 1 amide bonds. The number of nitrogens with zero attached hydrogens (tertiary/aromatic N) is 2. The number of hydrogen-bond donors (Lipinski definition) is 2. The van der Waals surface area contributed by atoms with Crippen molar-refractivity contribution in [1.29, 1.82) is 0 Å². The lowest BCUT2D eigenvalue weighted by molar-refractivity contribution is 0.100. The van der Waals surface area contributed by atoms with Crippen LogP contribution < -0.4 is 11.5 Å². The Morgan fingerprint density at radius 1 is 1.22 bits per heavy atom. The molecular formula is C18H20N4O. The largest absolute Gasteiger partial charge is 0.384 e. The van der Waals surface area contributed by atoms with Crippen LogP contribution in [0.4, 0.5) is 5.82 Å². The van der Waals surface area contributed by atoms with Gasteiger partial charge in [0.2, 0.25) is 5.91 Å². The molecular weight excluding hydrogens is 288 g/mol. The van der Waals surface area contributed by atoms with E-state index >= 15 is 0 Å². The lowest BCUT2D eigenvalue weighted by Gasteiger charge is -2.12. The van der Waals surface area contributed by atoms with Gasteiger partial charge in [-0.2, -0.15) is 0 Å². The lowest BCUT2D eigenvalue weighted by atomic mass is 9.99. The summed E-state index contributed by atoms with van der Waals surface area (Å²) >= 11 is 0. The summed E-state index contributed by atoms with van der Waals surface area (Å²) in [6, 6.07) is 7.82. The summed E-state index contributed by atoms with van der Waals surface area (Å²) in [6.45, 7) is 6.22. The average Bonchev–Trinajstić information content (AvgIpc) is 2.84. The van der Waals surface area contributed by atoms with E-state index in [1.54, 1.807) is 12.3 Å². The maximum absolute atomic E-state index is 12.0. The number of primary amides is 1. The first-order valence-electron chi connectivity index (χ1n) is 7.55. The van der Waals surface area contributed by atoms with Gasteiger partial charge < -0.3 is 16.0 Å². The second-order valence-electron chi connectivity index (χ2n) is 6.07. The number of carbonyl (C=O) groups excluding carboxylic acids is 1. The maximum Gasteiger partial charge on any atom is 0.249 e. The molecule has 0 fully saturated rings. The fraction of sp³-hybridized carbons (Fsp3) is 0.222. The van der Waals surface area contributed by atoms with Gasteiger partial charge in [0, 0.05) is 40.5 Å². The van der Waals surface area contributed by atoms with Crippen LogP contribution in [-0.2, 0) is 0 Å². The second kappa shape index (κ2) is 5.43. The number of amides is 1. The van der Waals surface area contributed by atoms with Crippen molar-refractivity contribution in [3.8, 4) is 11.1 Å². The van der Waals surface area contributed by atoms with Gasteiger partial charge in [0.05, 0.1) is 0 Å². The molecule has 2 aromatic heterocycles. The van der Waals surface area contributed by atoms with Gasteiger partial charge in [-0.25, -0.2) is 4.98 Å². The maximum atomic E-state index is 12.0. The zero-order chi connectivity index (χ0) is 16.7. The molecule has 3 aromatic rings. The third kappa shape index (κ3) is 2.54. The average molecular weight is 308 g/mol. The molecule has 0 atom stereocenters. The first kappa shape index (κ1) is 15.1. The summed E-state index contributed by atoms with van der Waals surface area (Å²) in [5, 5.41) is 0.915. The molecule has 5 heteroatoms. The molecule has 0 aliphatic rings. The predicted molar refractivity (Wildman–Crippen MR) is 93.2 cm³/mol. The Morgan fingerprint density at radius 3 is 2.52 bits per heavy atom. The molecule has 0 aliphatic carbocycles. The Balaban J connectivity index is 2.34. The Labute approximate surface area is 134 Å². The van der Waals surface area contributed by atoms with Crippen molar-refractivity contribution in [3.63, 3.8) is 0 Å². The number of aromatic nitrogens is 2. The number of anilines is 1. The molecule has 5 nitrogen and oxygen atoms in total. The van der Waals surface area contributed by atoms with Crippen molar-refractivity contribution in [2.75, 3.05) is 5.73 Å².